The van der Waals surface area contributed by atoms with E-state index in [0.717, 1.165) is 5.56 Å². The molecule has 0 spiro atoms. The Hall–Kier alpha value is -3.48. The van der Waals surface area contributed by atoms with Gasteiger partial charge in [-0.1, -0.05) is 30.3 Å². The van der Waals surface area contributed by atoms with Crippen molar-refractivity contribution < 1.29 is 23.9 Å². The quantitative estimate of drug-likeness (QED) is 0.499. The Morgan fingerprint density at radius 2 is 1.66 bits per heavy atom. The summed E-state index contributed by atoms with van der Waals surface area (Å²) in [6.07, 6.45) is 0.434. The fraction of sp³-hybridized carbons (Fsp3) is 0.273. The molecule has 152 valence electrons. The molecule has 0 aliphatic heterocycles. The molecule has 2 N–H and O–H groups in total. The highest BCUT2D eigenvalue weighted by molar-refractivity contribution is 5.97. The number of carbonyl (C=O) groups excluding carboxylic acids is 4. The number of anilines is 2. The number of rotatable bonds is 9. The van der Waals surface area contributed by atoms with Gasteiger partial charge in [-0.2, -0.15) is 0 Å². The highest BCUT2D eigenvalue weighted by atomic mass is 16.5. The lowest BCUT2D eigenvalue weighted by Crippen LogP contribution is -2.21. The van der Waals surface area contributed by atoms with Crippen LogP contribution >= 0.6 is 0 Å². The molecule has 0 aromatic heterocycles. The minimum absolute atomic E-state index is 0.0263. The van der Waals surface area contributed by atoms with Crippen molar-refractivity contribution in [2.45, 2.75) is 33.1 Å². The molecule has 7 heteroatoms. The fourth-order valence-electron chi connectivity index (χ4n) is 2.55. The van der Waals surface area contributed by atoms with Gasteiger partial charge in [0, 0.05) is 29.8 Å². The van der Waals surface area contributed by atoms with Crippen molar-refractivity contribution >= 4 is 34.9 Å². The average molecular weight is 396 g/mol. The molecule has 2 amide bonds. The van der Waals surface area contributed by atoms with Crippen molar-refractivity contribution in [2.75, 3.05) is 17.2 Å². The number of hydrogen-bond donors (Lipinski definition) is 2. The number of para-hydroxylation sites is 1. The number of ketones is 1. The Bertz CT molecular complexity index is 908. The van der Waals surface area contributed by atoms with Gasteiger partial charge >= 0.3 is 5.97 Å². The number of ether oxygens (including phenoxy) is 1. The Balaban J connectivity index is 1.67. The number of amides is 2. The molecule has 0 fully saturated rings. The van der Waals surface area contributed by atoms with Crippen LogP contribution in [0.1, 0.15) is 42.1 Å². The molecule has 29 heavy (non-hydrogen) atoms. The first-order chi connectivity index (χ1) is 13.8. The molecule has 0 radical (unpaired) electrons. The Kier molecular flexibility index (Phi) is 8.09. The monoisotopic (exact) mass is 396 g/mol. The number of carbonyl (C=O) groups is 4. The molecule has 2 aromatic carbocycles. The molecule has 2 rings (SSSR count). The minimum atomic E-state index is -0.545. The maximum Gasteiger partial charge on any atom is 0.306 e. The summed E-state index contributed by atoms with van der Waals surface area (Å²) in [6.45, 7) is 2.94. The zero-order valence-corrected chi connectivity index (χ0v) is 16.5. The highest BCUT2D eigenvalue weighted by Crippen LogP contribution is 2.13. The second-order valence-electron chi connectivity index (χ2n) is 6.56. The molecule has 0 bridgehead atoms. The van der Waals surface area contributed by atoms with E-state index >= 15 is 0 Å². The van der Waals surface area contributed by atoms with Crippen molar-refractivity contribution in [3.05, 3.63) is 59.7 Å². The summed E-state index contributed by atoms with van der Waals surface area (Å²) in [6, 6.07) is 13.9. The van der Waals surface area contributed by atoms with Gasteiger partial charge in [0.05, 0.1) is 0 Å². The highest BCUT2D eigenvalue weighted by Gasteiger charge is 2.11. The molecule has 2 aromatic rings. The molecule has 0 heterocycles. The number of hydrogen-bond acceptors (Lipinski definition) is 5. The molecule has 0 atom stereocenters. The first-order valence-electron chi connectivity index (χ1n) is 9.27. The minimum Gasteiger partial charge on any atom is -0.456 e. The third-order valence-corrected chi connectivity index (χ3v) is 4.12. The van der Waals surface area contributed by atoms with Crippen LogP contribution in [0.15, 0.2) is 48.5 Å². The molecule has 7 nitrogen and oxygen atoms in total. The predicted octanol–water partition coefficient (Wildman–Crippen LogP) is 3.49. The van der Waals surface area contributed by atoms with Gasteiger partial charge in [0.1, 0.15) is 0 Å². The van der Waals surface area contributed by atoms with Crippen LogP contribution < -0.4 is 10.6 Å². The fourth-order valence-corrected chi connectivity index (χ4v) is 2.55. The summed E-state index contributed by atoms with van der Waals surface area (Å²) >= 11 is 0. The third kappa shape index (κ3) is 7.57. The lowest BCUT2D eigenvalue weighted by Gasteiger charge is -2.09. The van der Waals surface area contributed by atoms with E-state index in [1.807, 2.05) is 19.1 Å². The molecule has 0 saturated heterocycles. The number of nitrogens with one attached hydrogen (secondary N) is 2. The van der Waals surface area contributed by atoms with Gasteiger partial charge in [0.15, 0.2) is 12.4 Å². The van der Waals surface area contributed by atoms with E-state index in [1.165, 1.54) is 6.92 Å². The lowest BCUT2D eigenvalue weighted by atomic mass is 10.1. The van der Waals surface area contributed by atoms with E-state index in [1.54, 1.807) is 36.4 Å². The second kappa shape index (κ2) is 10.8. The van der Waals surface area contributed by atoms with E-state index in [9.17, 15) is 19.2 Å². The van der Waals surface area contributed by atoms with Crippen molar-refractivity contribution in [3.8, 4) is 0 Å². The standard InChI is InChI=1S/C22H24N2O5/c1-15-7-3-4-10-19(15)24-21(27)14-29-22(28)12-6-11-20(26)23-18-9-5-8-17(13-18)16(2)25/h3-5,7-10,13H,6,11-12,14H2,1-2H3,(H,23,26)(H,24,27). The zero-order valence-electron chi connectivity index (χ0n) is 16.5. The van der Waals surface area contributed by atoms with E-state index in [0.29, 0.717) is 16.9 Å². The van der Waals surface area contributed by atoms with Crippen LogP contribution in [-0.2, 0) is 19.1 Å². The van der Waals surface area contributed by atoms with E-state index in [4.69, 9.17) is 4.74 Å². The predicted molar refractivity (Wildman–Crippen MR) is 110 cm³/mol. The molecule has 0 unspecified atom stereocenters. The summed E-state index contributed by atoms with van der Waals surface area (Å²) in [7, 11) is 0. The smallest absolute Gasteiger partial charge is 0.306 e. The summed E-state index contributed by atoms with van der Waals surface area (Å²) in [5.74, 6) is -1.32. The van der Waals surface area contributed by atoms with Gasteiger partial charge in [-0.25, -0.2) is 0 Å². The topological polar surface area (TPSA) is 102 Å². The largest absolute Gasteiger partial charge is 0.456 e. The number of esters is 1. The molecular formula is C22H24N2O5. The number of benzene rings is 2. The Morgan fingerprint density at radius 1 is 0.897 bits per heavy atom. The van der Waals surface area contributed by atoms with Crippen LogP contribution in [0.3, 0.4) is 0 Å². The first kappa shape index (κ1) is 21.8. The van der Waals surface area contributed by atoms with Gasteiger partial charge in [-0.15, -0.1) is 0 Å². The van der Waals surface area contributed by atoms with E-state index in [-0.39, 0.29) is 37.6 Å². The maximum absolute atomic E-state index is 12.0. The van der Waals surface area contributed by atoms with Gasteiger partial charge in [-0.05, 0) is 44.0 Å². The lowest BCUT2D eigenvalue weighted by molar-refractivity contribution is -0.147. The van der Waals surface area contributed by atoms with Crippen LogP contribution in [0.2, 0.25) is 0 Å². The van der Waals surface area contributed by atoms with Crippen LogP contribution in [0.25, 0.3) is 0 Å². The normalized spacial score (nSPS) is 10.1. The van der Waals surface area contributed by atoms with Crippen molar-refractivity contribution in [1.29, 1.82) is 0 Å². The Morgan fingerprint density at radius 3 is 2.38 bits per heavy atom. The van der Waals surface area contributed by atoms with Crippen LogP contribution in [-0.4, -0.2) is 30.2 Å². The summed E-state index contributed by atoms with van der Waals surface area (Å²) in [5, 5.41) is 5.36. The summed E-state index contributed by atoms with van der Waals surface area (Å²) in [5.41, 5.74) is 2.61. The molecule has 0 saturated carbocycles. The van der Waals surface area contributed by atoms with Gasteiger partial charge in [-0.3, -0.25) is 19.2 Å². The number of Topliss-reactive ketones (excluding diaryl/α,β-unsaturated/α-hetero) is 1. The second-order valence-corrected chi connectivity index (χ2v) is 6.56. The van der Waals surface area contributed by atoms with E-state index in [2.05, 4.69) is 10.6 Å². The van der Waals surface area contributed by atoms with Crippen LogP contribution in [0.5, 0.6) is 0 Å². The number of aryl methyl sites for hydroxylation is 1. The van der Waals surface area contributed by atoms with Crippen LogP contribution in [0.4, 0.5) is 11.4 Å². The van der Waals surface area contributed by atoms with Gasteiger partial charge in [0.2, 0.25) is 5.91 Å². The SMILES string of the molecule is CC(=O)c1cccc(NC(=O)CCCC(=O)OCC(=O)Nc2ccccc2C)c1. The first-order valence-corrected chi connectivity index (χ1v) is 9.27. The third-order valence-electron chi connectivity index (χ3n) is 4.12. The summed E-state index contributed by atoms with van der Waals surface area (Å²) in [4.78, 5) is 46.9. The summed E-state index contributed by atoms with van der Waals surface area (Å²) < 4.78 is 4.94. The molecule has 0 aliphatic carbocycles. The van der Waals surface area contributed by atoms with Crippen molar-refractivity contribution in [2.24, 2.45) is 0 Å². The maximum atomic E-state index is 12.0. The van der Waals surface area contributed by atoms with Gasteiger partial charge < -0.3 is 15.4 Å². The Labute approximate surface area is 169 Å². The van der Waals surface area contributed by atoms with Gasteiger partial charge in [0.25, 0.3) is 5.91 Å². The molecule has 0 aliphatic rings. The van der Waals surface area contributed by atoms with Crippen molar-refractivity contribution in [1.82, 2.24) is 0 Å². The van der Waals surface area contributed by atoms with Crippen molar-refractivity contribution in [3.63, 3.8) is 0 Å². The van der Waals surface area contributed by atoms with Crippen LogP contribution in [0, 0.1) is 6.92 Å². The average Bonchev–Trinajstić information content (AvgIpc) is 2.68. The van der Waals surface area contributed by atoms with E-state index < -0.39 is 11.9 Å². The molecular weight excluding hydrogens is 372 g/mol. The zero-order chi connectivity index (χ0) is 21.2.